The molecule has 2 unspecified atom stereocenters. The van der Waals surface area contributed by atoms with Crippen LogP contribution in [0, 0.1) is 0 Å². The average Bonchev–Trinajstić information content (AvgIpc) is 2.88. The molecule has 1 N–H and O–H groups in total. The van der Waals surface area contributed by atoms with Gasteiger partial charge in [-0.25, -0.2) is 0 Å². The number of hydrogen-bond donors (Lipinski definition) is 1. The van der Waals surface area contributed by atoms with Gasteiger partial charge in [0.05, 0.1) is 24.8 Å². The molecular formula is C13H18N2O3. The summed E-state index contributed by atoms with van der Waals surface area (Å²) >= 11 is 0. The summed E-state index contributed by atoms with van der Waals surface area (Å²) in [6.45, 7) is 5.59. The Balaban J connectivity index is 2.03. The van der Waals surface area contributed by atoms with Gasteiger partial charge in [0, 0.05) is 6.04 Å². The maximum absolute atomic E-state index is 12.1. The van der Waals surface area contributed by atoms with Crippen LogP contribution in [-0.2, 0) is 9.59 Å². The van der Waals surface area contributed by atoms with Crippen molar-refractivity contribution >= 4 is 11.8 Å². The Morgan fingerprint density at radius 3 is 2.61 bits per heavy atom. The lowest BCUT2D eigenvalue weighted by Crippen LogP contribution is -2.42. The largest absolute Gasteiger partial charge is 0.468 e. The molecule has 5 nitrogen and oxygen atoms in total. The van der Waals surface area contributed by atoms with Crippen LogP contribution in [0.4, 0.5) is 0 Å². The molecule has 18 heavy (non-hydrogen) atoms. The minimum absolute atomic E-state index is 0.0873. The predicted molar refractivity (Wildman–Crippen MR) is 65.7 cm³/mol. The third kappa shape index (κ3) is 2.31. The highest BCUT2D eigenvalue weighted by Crippen LogP contribution is 2.20. The van der Waals surface area contributed by atoms with Crippen LogP contribution >= 0.6 is 0 Å². The van der Waals surface area contributed by atoms with E-state index in [2.05, 4.69) is 5.32 Å². The van der Waals surface area contributed by atoms with E-state index in [0.717, 1.165) is 5.76 Å². The van der Waals surface area contributed by atoms with Crippen molar-refractivity contribution in [3.8, 4) is 0 Å². The smallest absolute Gasteiger partial charge is 0.247 e. The molecule has 1 fully saturated rings. The average molecular weight is 250 g/mol. The summed E-state index contributed by atoms with van der Waals surface area (Å²) in [4.78, 5) is 25.1. The zero-order chi connectivity index (χ0) is 13.3. The molecule has 1 aliphatic rings. The first kappa shape index (κ1) is 12.8. The number of furan rings is 1. The van der Waals surface area contributed by atoms with Gasteiger partial charge in [0.25, 0.3) is 0 Å². The number of imide groups is 1. The standard InChI is InChI=1S/C13H18N2O3/c1-8(2)15-12(16)7-10(13(15)17)14-9(3)11-5-4-6-18-11/h4-6,8-10,14H,7H2,1-3H3. The second-order valence-corrected chi connectivity index (χ2v) is 4.86. The fraction of sp³-hybridized carbons (Fsp3) is 0.538. The topological polar surface area (TPSA) is 62.6 Å². The van der Waals surface area contributed by atoms with Gasteiger partial charge in [0.2, 0.25) is 11.8 Å². The second-order valence-electron chi connectivity index (χ2n) is 4.86. The fourth-order valence-corrected chi connectivity index (χ4v) is 2.25. The number of nitrogens with zero attached hydrogens (tertiary/aromatic N) is 1. The van der Waals surface area contributed by atoms with Crippen molar-refractivity contribution in [1.29, 1.82) is 0 Å². The third-order valence-corrected chi connectivity index (χ3v) is 3.12. The molecule has 2 heterocycles. The number of hydrogen-bond acceptors (Lipinski definition) is 4. The first-order chi connectivity index (χ1) is 8.50. The van der Waals surface area contributed by atoms with Crippen molar-refractivity contribution < 1.29 is 14.0 Å². The molecule has 2 rings (SSSR count). The number of likely N-dealkylation sites (tertiary alicyclic amines) is 1. The quantitative estimate of drug-likeness (QED) is 0.822. The molecule has 2 amide bonds. The van der Waals surface area contributed by atoms with Crippen LogP contribution in [0.25, 0.3) is 0 Å². The molecule has 5 heteroatoms. The van der Waals surface area contributed by atoms with E-state index in [1.165, 1.54) is 4.90 Å². The first-order valence-electron chi connectivity index (χ1n) is 6.16. The lowest BCUT2D eigenvalue weighted by atomic mass is 10.2. The van der Waals surface area contributed by atoms with Crippen LogP contribution in [0.15, 0.2) is 22.8 Å². The van der Waals surface area contributed by atoms with E-state index in [1.807, 2.05) is 26.8 Å². The molecule has 1 aliphatic heterocycles. The molecule has 0 bridgehead atoms. The summed E-state index contributed by atoms with van der Waals surface area (Å²) < 4.78 is 5.27. The van der Waals surface area contributed by atoms with Crippen molar-refractivity contribution in [2.45, 2.75) is 45.3 Å². The molecular weight excluding hydrogens is 232 g/mol. The van der Waals surface area contributed by atoms with Crippen molar-refractivity contribution in [3.63, 3.8) is 0 Å². The van der Waals surface area contributed by atoms with E-state index in [4.69, 9.17) is 4.42 Å². The monoisotopic (exact) mass is 250 g/mol. The number of carbonyl (C=O) groups is 2. The second kappa shape index (κ2) is 4.94. The summed E-state index contributed by atoms with van der Waals surface area (Å²) in [6.07, 6.45) is 1.82. The molecule has 0 spiro atoms. The van der Waals surface area contributed by atoms with Gasteiger partial charge in [-0.1, -0.05) is 0 Å². The Morgan fingerprint density at radius 1 is 1.39 bits per heavy atom. The Bertz CT molecular complexity index is 439. The van der Waals surface area contributed by atoms with Gasteiger partial charge >= 0.3 is 0 Å². The Kier molecular flexibility index (Phi) is 3.52. The summed E-state index contributed by atoms with van der Waals surface area (Å²) in [5.74, 6) is 0.505. The Hall–Kier alpha value is -1.62. The molecule has 0 radical (unpaired) electrons. The molecule has 1 aromatic rings. The maximum atomic E-state index is 12.1. The highest BCUT2D eigenvalue weighted by atomic mass is 16.3. The minimum Gasteiger partial charge on any atom is -0.468 e. The molecule has 1 aromatic heterocycles. The lowest BCUT2D eigenvalue weighted by Gasteiger charge is -2.20. The molecule has 0 aliphatic carbocycles. The van der Waals surface area contributed by atoms with Crippen LogP contribution < -0.4 is 5.32 Å². The fourth-order valence-electron chi connectivity index (χ4n) is 2.25. The zero-order valence-corrected chi connectivity index (χ0v) is 10.8. The number of rotatable bonds is 4. The predicted octanol–water partition coefficient (Wildman–Crippen LogP) is 1.47. The molecule has 1 saturated heterocycles. The minimum atomic E-state index is -0.444. The van der Waals surface area contributed by atoms with Gasteiger partial charge in [0.15, 0.2) is 0 Å². The molecule has 2 atom stereocenters. The zero-order valence-electron chi connectivity index (χ0n) is 10.8. The molecule has 0 aromatic carbocycles. The summed E-state index contributed by atoms with van der Waals surface area (Å²) in [7, 11) is 0. The van der Waals surface area contributed by atoms with E-state index in [9.17, 15) is 9.59 Å². The van der Waals surface area contributed by atoms with Gasteiger partial charge in [-0.2, -0.15) is 0 Å². The van der Waals surface area contributed by atoms with E-state index in [1.54, 1.807) is 12.3 Å². The highest BCUT2D eigenvalue weighted by Gasteiger charge is 2.40. The number of amides is 2. The third-order valence-electron chi connectivity index (χ3n) is 3.12. The van der Waals surface area contributed by atoms with Gasteiger partial charge in [-0.3, -0.25) is 19.8 Å². The van der Waals surface area contributed by atoms with Crippen LogP contribution in [0.5, 0.6) is 0 Å². The van der Waals surface area contributed by atoms with Crippen LogP contribution in [0.3, 0.4) is 0 Å². The molecule has 98 valence electrons. The number of nitrogens with one attached hydrogen (secondary N) is 1. The molecule has 0 saturated carbocycles. The SMILES string of the molecule is CC(NC1CC(=O)N(C(C)C)C1=O)c1ccco1. The van der Waals surface area contributed by atoms with E-state index in [-0.39, 0.29) is 30.3 Å². The highest BCUT2D eigenvalue weighted by molar-refractivity contribution is 6.05. The normalized spacial score (nSPS) is 22.0. The lowest BCUT2D eigenvalue weighted by molar-refractivity contribution is -0.140. The van der Waals surface area contributed by atoms with Crippen molar-refractivity contribution in [3.05, 3.63) is 24.2 Å². The van der Waals surface area contributed by atoms with Crippen LogP contribution in [0.2, 0.25) is 0 Å². The van der Waals surface area contributed by atoms with Crippen molar-refractivity contribution in [2.24, 2.45) is 0 Å². The van der Waals surface area contributed by atoms with Gasteiger partial charge in [-0.15, -0.1) is 0 Å². The Labute approximate surface area is 106 Å². The van der Waals surface area contributed by atoms with Gasteiger partial charge in [0.1, 0.15) is 5.76 Å². The summed E-state index contributed by atoms with van der Waals surface area (Å²) in [5.41, 5.74) is 0. The van der Waals surface area contributed by atoms with Gasteiger partial charge in [-0.05, 0) is 32.9 Å². The maximum Gasteiger partial charge on any atom is 0.247 e. The van der Waals surface area contributed by atoms with Gasteiger partial charge < -0.3 is 4.42 Å². The van der Waals surface area contributed by atoms with E-state index in [0.29, 0.717) is 0 Å². The summed E-state index contributed by atoms with van der Waals surface area (Å²) in [6, 6.07) is 3.03. The Morgan fingerprint density at radius 2 is 2.11 bits per heavy atom. The van der Waals surface area contributed by atoms with Crippen molar-refractivity contribution in [1.82, 2.24) is 10.2 Å². The van der Waals surface area contributed by atoms with Crippen LogP contribution in [0.1, 0.15) is 39.0 Å². The summed E-state index contributed by atoms with van der Waals surface area (Å²) in [5, 5.41) is 3.14. The van der Waals surface area contributed by atoms with E-state index >= 15 is 0 Å². The number of carbonyl (C=O) groups excluding carboxylic acids is 2. The van der Waals surface area contributed by atoms with Crippen molar-refractivity contribution in [2.75, 3.05) is 0 Å². The first-order valence-corrected chi connectivity index (χ1v) is 6.16. The van der Waals surface area contributed by atoms with Crippen LogP contribution in [-0.4, -0.2) is 28.8 Å². The van der Waals surface area contributed by atoms with E-state index < -0.39 is 6.04 Å².